The van der Waals surface area contributed by atoms with Crippen LogP contribution in [0.2, 0.25) is 0 Å². The van der Waals surface area contributed by atoms with Gasteiger partial charge < -0.3 is 39.8 Å². The fourth-order valence-corrected chi connectivity index (χ4v) is 3.12. The van der Waals surface area contributed by atoms with Gasteiger partial charge in [0.2, 0.25) is 0 Å². The average Bonchev–Trinajstić information content (AvgIpc) is 2.79. The number of hydrogen-bond acceptors (Lipinski definition) is 9. The van der Waals surface area contributed by atoms with E-state index in [0.29, 0.717) is 24.4 Å². The minimum absolute atomic E-state index is 0.0117. The third-order valence-corrected chi connectivity index (χ3v) is 4.68. The second-order valence-corrected chi connectivity index (χ2v) is 12.3. The van der Waals surface area contributed by atoms with Crippen LogP contribution in [0.15, 0.2) is 12.1 Å². The molecule has 0 aliphatic heterocycles. The van der Waals surface area contributed by atoms with E-state index in [2.05, 4.69) is 20.9 Å². The van der Waals surface area contributed by atoms with Gasteiger partial charge >= 0.3 is 18.3 Å². The lowest BCUT2D eigenvalue weighted by Gasteiger charge is -2.27. The molecule has 1 aromatic heterocycles. The Hall–Kier alpha value is -3.77. The maximum atomic E-state index is 13.0. The molecule has 0 bridgehead atoms. The number of aromatic nitrogens is 1. The second-order valence-electron chi connectivity index (χ2n) is 12.3. The largest absolute Gasteiger partial charge is 0.497 e. The van der Waals surface area contributed by atoms with Crippen molar-refractivity contribution in [2.24, 2.45) is 0 Å². The first kappa shape index (κ1) is 35.3. The molecular weight excluding hydrogens is 534 g/mol. The number of rotatable bonds is 11. The highest BCUT2D eigenvalue weighted by atomic mass is 16.6. The van der Waals surface area contributed by atoms with Crippen molar-refractivity contribution in [3.63, 3.8) is 0 Å². The van der Waals surface area contributed by atoms with Gasteiger partial charge in [-0.25, -0.2) is 19.4 Å². The predicted octanol–water partition coefficient (Wildman–Crippen LogP) is 4.00. The Morgan fingerprint density at radius 2 is 1.27 bits per heavy atom. The van der Waals surface area contributed by atoms with Crippen LogP contribution in [0.25, 0.3) is 0 Å². The van der Waals surface area contributed by atoms with Gasteiger partial charge in [0.1, 0.15) is 28.2 Å². The van der Waals surface area contributed by atoms with E-state index in [1.54, 1.807) is 68.4 Å². The highest BCUT2D eigenvalue weighted by molar-refractivity contribution is 5.92. The summed E-state index contributed by atoms with van der Waals surface area (Å²) in [6, 6.07) is 3.10. The van der Waals surface area contributed by atoms with Crippen LogP contribution in [-0.4, -0.2) is 84.2 Å². The smallest absolute Gasteiger partial charge is 0.410 e. The highest BCUT2D eigenvalue weighted by Crippen LogP contribution is 2.17. The third-order valence-electron chi connectivity index (χ3n) is 4.68. The number of methoxy groups -OCH3 is 1. The zero-order valence-electron chi connectivity index (χ0n) is 26.1. The number of alkyl carbamates (subject to hydrolysis) is 2. The van der Waals surface area contributed by atoms with Crippen molar-refractivity contribution in [1.82, 2.24) is 25.8 Å². The fraction of sp³-hybridized carbons (Fsp3) is 0.679. The Morgan fingerprint density at radius 1 is 0.756 bits per heavy atom. The van der Waals surface area contributed by atoms with Crippen molar-refractivity contribution in [3.05, 3.63) is 23.5 Å². The normalized spacial score (nSPS) is 11.7. The standard InChI is InChI=1S/C28H47N5O8/c1-26(2,3)39-23(35)30-13-11-12-29-22(34)21-17-20(38-10)16-19(32-21)18-33(25(37)41-28(7,8)9)15-14-31-24(36)40-27(4,5)6/h16-17H,11-15,18H2,1-10H3,(H,29,34)(H,30,35)(H,31,36). The number of nitrogens with one attached hydrogen (secondary N) is 3. The predicted molar refractivity (Wildman–Crippen MR) is 153 cm³/mol. The van der Waals surface area contributed by atoms with Gasteiger partial charge in [0, 0.05) is 38.3 Å². The Labute approximate surface area is 243 Å². The van der Waals surface area contributed by atoms with Crippen LogP contribution in [0.4, 0.5) is 14.4 Å². The third kappa shape index (κ3) is 16.2. The molecule has 1 aromatic rings. The minimum atomic E-state index is -0.751. The molecule has 0 unspecified atom stereocenters. The molecule has 0 saturated heterocycles. The maximum Gasteiger partial charge on any atom is 0.410 e. The van der Waals surface area contributed by atoms with Crippen molar-refractivity contribution in [2.75, 3.05) is 33.3 Å². The van der Waals surface area contributed by atoms with Gasteiger partial charge in [-0.2, -0.15) is 0 Å². The lowest BCUT2D eigenvalue weighted by molar-refractivity contribution is 0.0222. The molecule has 0 aliphatic carbocycles. The van der Waals surface area contributed by atoms with Crippen LogP contribution in [-0.2, 0) is 20.8 Å². The molecule has 0 radical (unpaired) electrons. The Morgan fingerprint density at radius 3 is 1.78 bits per heavy atom. The molecule has 3 N–H and O–H groups in total. The van der Waals surface area contributed by atoms with Crippen LogP contribution in [0.1, 0.15) is 84.9 Å². The van der Waals surface area contributed by atoms with Crippen LogP contribution < -0.4 is 20.7 Å². The van der Waals surface area contributed by atoms with Crippen LogP contribution in [0.3, 0.4) is 0 Å². The molecule has 232 valence electrons. The SMILES string of the molecule is COc1cc(CN(CCNC(=O)OC(C)(C)C)C(=O)OC(C)(C)C)nc(C(=O)NCCCNC(=O)OC(C)(C)C)c1. The van der Waals surface area contributed by atoms with Crippen molar-refractivity contribution < 1.29 is 38.1 Å². The molecule has 13 nitrogen and oxygen atoms in total. The summed E-state index contributed by atoms with van der Waals surface area (Å²) in [5.41, 5.74) is -1.54. The summed E-state index contributed by atoms with van der Waals surface area (Å²) in [4.78, 5) is 55.3. The van der Waals surface area contributed by atoms with Crippen LogP contribution >= 0.6 is 0 Å². The first-order chi connectivity index (χ1) is 18.8. The Bertz CT molecular complexity index is 1040. The van der Waals surface area contributed by atoms with Gasteiger partial charge in [-0.15, -0.1) is 0 Å². The number of carbonyl (C=O) groups is 4. The summed E-state index contributed by atoms with van der Waals surface area (Å²) < 4.78 is 21.3. The van der Waals surface area contributed by atoms with Gasteiger partial charge in [-0.3, -0.25) is 4.79 Å². The van der Waals surface area contributed by atoms with Gasteiger partial charge in [0.05, 0.1) is 19.3 Å². The van der Waals surface area contributed by atoms with Crippen LogP contribution in [0, 0.1) is 0 Å². The number of carbonyl (C=O) groups excluding carboxylic acids is 4. The number of pyridine rings is 1. The van der Waals surface area contributed by atoms with Crippen LogP contribution in [0.5, 0.6) is 5.75 Å². The molecule has 0 aromatic carbocycles. The molecule has 0 fully saturated rings. The van der Waals surface area contributed by atoms with Gasteiger partial charge in [0.25, 0.3) is 5.91 Å². The monoisotopic (exact) mass is 581 g/mol. The number of ether oxygens (including phenoxy) is 4. The fourth-order valence-electron chi connectivity index (χ4n) is 3.12. The molecule has 0 aliphatic rings. The van der Waals surface area contributed by atoms with E-state index < -0.39 is 41.0 Å². The van der Waals surface area contributed by atoms with Crippen molar-refractivity contribution in [2.45, 2.75) is 92.1 Å². The number of amides is 4. The maximum absolute atomic E-state index is 13.0. The van der Waals surface area contributed by atoms with Crippen molar-refractivity contribution >= 4 is 24.2 Å². The molecular formula is C28H47N5O8. The molecule has 41 heavy (non-hydrogen) atoms. The van der Waals surface area contributed by atoms with Gasteiger partial charge in [0.15, 0.2) is 0 Å². The minimum Gasteiger partial charge on any atom is -0.497 e. The summed E-state index contributed by atoms with van der Waals surface area (Å²) in [6.07, 6.45) is -1.28. The zero-order chi connectivity index (χ0) is 31.4. The van der Waals surface area contributed by atoms with E-state index in [4.69, 9.17) is 18.9 Å². The average molecular weight is 582 g/mol. The summed E-state index contributed by atoms with van der Waals surface area (Å²) in [5.74, 6) is -0.0689. The molecule has 4 amide bonds. The first-order valence-electron chi connectivity index (χ1n) is 13.5. The van der Waals surface area contributed by atoms with E-state index in [1.807, 2.05) is 0 Å². The van der Waals surface area contributed by atoms with Gasteiger partial charge in [-0.1, -0.05) is 0 Å². The molecule has 0 saturated carbocycles. The summed E-state index contributed by atoms with van der Waals surface area (Å²) in [6.45, 7) is 16.6. The van der Waals surface area contributed by atoms with E-state index in [9.17, 15) is 19.2 Å². The lowest BCUT2D eigenvalue weighted by atomic mass is 10.2. The summed E-state index contributed by atoms with van der Waals surface area (Å²) >= 11 is 0. The second kappa shape index (κ2) is 15.3. The van der Waals surface area contributed by atoms with Crippen molar-refractivity contribution in [1.29, 1.82) is 0 Å². The Balaban J connectivity index is 2.88. The topological polar surface area (TPSA) is 157 Å². The highest BCUT2D eigenvalue weighted by Gasteiger charge is 2.24. The zero-order valence-corrected chi connectivity index (χ0v) is 26.1. The van der Waals surface area contributed by atoms with Gasteiger partial charge in [-0.05, 0) is 68.7 Å². The number of hydrogen-bond donors (Lipinski definition) is 3. The molecule has 13 heteroatoms. The van der Waals surface area contributed by atoms with E-state index in [-0.39, 0.29) is 31.9 Å². The Kier molecular flexibility index (Phi) is 13.1. The lowest BCUT2D eigenvalue weighted by Crippen LogP contribution is -2.42. The van der Waals surface area contributed by atoms with E-state index in [0.717, 1.165) is 0 Å². The van der Waals surface area contributed by atoms with E-state index in [1.165, 1.54) is 18.1 Å². The van der Waals surface area contributed by atoms with Crippen molar-refractivity contribution in [3.8, 4) is 5.75 Å². The first-order valence-corrected chi connectivity index (χ1v) is 13.5. The quantitative estimate of drug-likeness (QED) is 0.259. The molecule has 0 spiro atoms. The summed E-state index contributed by atoms with van der Waals surface area (Å²) in [5, 5.41) is 8.01. The summed E-state index contributed by atoms with van der Waals surface area (Å²) in [7, 11) is 1.46. The number of nitrogens with zero attached hydrogens (tertiary/aromatic N) is 2. The molecule has 1 heterocycles. The molecule has 0 atom stereocenters. The van der Waals surface area contributed by atoms with E-state index >= 15 is 0 Å². The molecule has 1 rings (SSSR count).